The van der Waals surface area contributed by atoms with Crippen LogP contribution in [0.4, 0.5) is 0 Å². The number of hydrogen-bond acceptors (Lipinski definition) is 4. The van der Waals surface area contributed by atoms with Crippen LogP contribution in [0.3, 0.4) is 0 Å². The van der Waals surface area contributed by atoms with E-state index in [1.165, 1.54) is 18.9 Å². The zero-order chi connectivity index (χ0) is 16.1. The van der Waals surface area contributed by atoms with Crippen molar-refractivity contribution in [1.29, 1.82) is 0 Å². The van der Waals surface area contributed by atoms with Crippen molar-refractivity contribution < 1.29 is 19.4 Å². The van der Waals surface area contributed by atoms with Crippen molar-refractivity contribution in [3.8, 4) is 0 Å². The fourth-order valence-electron chi connectivity index (χ4n) is 1.82. The summed E-state index contributed by atoms with van der Waals surface area (Å²) in [7, 11) is 1.36. The van der Waals surface area contributed by atoms with E-state index in [1.54, 1.807) is 18.2 Å². The summed E-state index contributed by atoms with van der Waals surface area (Å²) in [4.78, 5) is 24.3. The zero-order valence-corrected chi connectivity index (χ0v) is 14.7. The molecule has 0 heterocycles. The predicted octanol–water partition coefficient (Wildman–Crippen LogP) is 3.86. The maximum absolute atomic E-state index is 11.7. The molecule has 22 heavy (non-hydrogen) atoms. The normalized spacial score (nSPS) is 10.3. The van der Waals surface area contributed by atoms with Crippen molar-refractivity contribution >= 4 is 46.3 Å². The largest absolute Gasteiger partial charge is 0.481 e. The Bertz CT molecular complexity index is 698. The fraction of sp³-hybridized carbons (Fsp3) is 0.125. The van der Waals surface area contributed by atoms with Gasteiger partial charge in [-0.1, -0.05) is 23.9 Å². The number of carbonyl (C=O) groups is 2. The van der Waals surface area contributed by atoms with Crippen LogP contribution in [-0.4, -0.2) is 24.2 Å². The molecule has 0 saturated heterocycles. The molecule has 0 amide bonds. The molecular formula is C16H13IO4S. The molecule has 1 N–H and O–H groups in total. The van der Waals surface area contributed by atoms with Gasteiger partial charge in [-0.15, -0.1) is 0 Å². The van der Waals surface area contributed by atoms with E-state index in [1.807, 2.05) is 24.3 Å². The summed E-state index contributed by atoms with van der Waals surface area (Å²) in [5.74, 6) is -1.20. The van der Waals surface area contributed by atoms with E-state index in [4.69, 9.17) is 9.84 Å². The summed E-state index contributed by atoms with van der Waals surface area (Å²) >= 11 is 3.60. The Morgan fingerprint density at radius 2 is 1.77 bits per heavy atom. The van der Waals surface area contributed by atoms with Gasteiger partial charge in [0.2, 0.25) is 0 Å². The Kier molecular flexibility index (Phi) is 5.84. The summed E-state index contributed by atoms with van der Waals surface area (Å²) in [5.41, 5.74) is 1.30. The summed E-state index contributed by atoms with van der Waals surface area (Å²) in [5, 5.41) is 8.75. The second kappa shape index (κ2) is 7.64. The van der Waals surface area contributed by atoms with E-state index in [9.17, 15) is 9.59 Å². The molecule has 0 radical (unpaired) electrons. The van der Waals surface area contributed by atoms with Crippen LogP contribution < -0.4 is 0 Å². The Balaban J connectivity index is 2.16. The van der Waals surface area contributed by atoms with Crippen LogP contribution in [0.25, 0.3) is 0 Å². The van der Waals surface area contributed by atoms with E-state index in [0.29, 0.717) is 5.56 Å². The number of rotatable bonds is 5. The summed E-state index contributed by atoms with van der Waals surface area (Å²) in [6.07, 6.45) is 0.0148. The molecule has 0 aromatic heterocycles. The second-order valence-corrected chi connectivity index (χ2v) is 6.76. The molecule has 0 saturated carbocycles. The quantitative estimate of drug-likeness (QED) is 0.579. The van der Waals surface area contributed by atoms with Gasteiger partial charge in [0.1, 0.15) is 0 Å². The summed E-state index contributed by atoms with van der Waals surface area (Å²) < 4.78 is 5.60. The maximum atomic E-state index is 11.7. The molecule has 0 fully saturated rings. The van der Waals surface area contributed by atoms with Gasteiger partial charge in [0, 0.05) is 13.4 Å². The number of methoxy groups -OCH3 is 1. The highest BCUT2D eigenvalue weighted by Crippen LogP contribution is 2.30. The third kappa shape index (κ3) is 4.48. The third-order valence-corrected chi connectivity index (χ3v) is 4.80. The van der Waals surface area contributed by atoms with Gasteiger partial charge in [-0.3, -0.25) is 4.79 Å². The molecular weight excluding hydrogens is 415 g/mol. The van der Waals surface area contributed by atoms with Crippen LogP contribution in [0.1, 0.15) is 15.9 Å². The SMILES string of the molecule is COC(=O)c1cc(Sc2ccc(CC(=O)O)cc2)ccc1I. The highest BCUT2D eigenvalue weighted by atomic mass is 127. The Hall–Kier alpha value is -1.54. The van der Waals surface area contributed by atoms with Crippen LogP contribution in [0.15, 0.2) is 52.3 Å². The molecule has 0 unspecified atom stereocenters. The van der Waals surface area contributed by atoms with Crippen LogP contribution in [0.5, 0.6) is 0 Å². The lowest BCUT2D eigenvalue weighted by atomic mass is 10.2. The number of carboxylic acids is 1. The highest BCUT2D eigenvalue weighted by Gasteiger charge is 2.11. The number of benzene rings is 2. The molecule has 0 atom stereocenters. The first-order valence-corrected chi connectivity index (χ1v) is 8.25. The first kappa shape index (κ1) is 16.8. The number of ether oxygens (including phenoxy) is 1. The van der Waals surface area contributed by atoms with E-state index in [-0.39, 0.29) is 12.4 Å². The number of esters is 1. The average molecular weight is 428 g/mol. The maximum Gasteiger partial charge on any atom is 0.338 e. The fourth-order valence-corrected chi connectivity index (χ4v) is 3.23. The monoisotopic (exact) mass is 428 g/mol. The van der Waals surface area contributed by atoms with Gasteiger partial charge >= 0.3 is 11.9 Å². The molecule has 0 aliphatic heterocycles. The smallest absolute Gasteiger partial charge is 0.338 e. The lowest BCUT2D eigenvalue weighted by molar-refractivity contribution is -0.136. The molecule has 4 nitrogen and oxygen atoms in total. The van der Waals surface area contributed by atoms with Crippen molar-refractivity contribution in [1.82, 2.24) is 0 Å². The Morgan fingerprint density at radius 1 is 1.14 bits per heavy atom. The summed E-state index contributed by atoms with van der Waals surface area (Å²) in [6, 6.07) is 12.9. The van der Waals surface area contributed by atoms with Gasteiger partial charge in [-0.2, -0.15) is 0 Å². The van der Waals surface area contributed by atoms with Gasteiger partial charge in [-0.05, 0) is 58.5 Å². The van der Waals surface area contributed by atoms with Gasteiger partial charge in [-0.25, -0.2) is 4.79 Å². The van der Waals surface area contributed by atoms with Gasteiger partial charge < -0.3 is 9.84 Å². The summed E-state index contributed by atoms with van der Waals surface area (Å²) in [6.45, 7) is 0. The van der Waals surface area contributed by atoms with E-state index >= 15 is 0 Å². The molecule has 114 valence electrons. The molecule has 2 rings (SSSR count). The predicted molar refractivity (Wildman–Crippen MR) is 92.4 cm³/mol. The topological polar surface area (TPSA) is 63.6 Å². The highest BCUT2D eigenvalue weighted by molar-refractivity contribution is 14.1. The van der Waals surface area contributed by atoms with Crippen LogP contribution >= 0.6 is 34.4 Å². The molecule has 0 spiro atoms. The van der Waals surface area contributed by atoms with Crippen LogP contribution in [0.2, 0.25) is 0 Å². The number of halogens is 1. The zero-order valence-electron chi connectivity index (χ0n) is 11.7. The van der Waals surface area contributed by atoms with E-state index in [0.717, 1.165) is 18.9 Å². The lowest BCUT2D eigenvalue weighted by Gasteiger charge is -2.07. The van der Waals surface area contributed by atoms with Gasteiger partial charge in [0.05, 0.1) is 19.1 Å². The van der Waals surface area contributed by atoms with E-state index in [2.05, 4.69) is 22.6 Å². The molecule has 0 aliphatic rings. The van der Waals surface area contributed by atoms with E-state index < -0.39 is 5.97 Å². The third-order valence-electron chi connectivity index (χ3n) is 2.86. The van der Waals surface area contributed by atoms with Crippen molar-refractivity contribution in [2.45, 2.75) is 16.2 Å². The minimum absolute atomic E-state index is 0.0148. The van der Waals surface area contributed by atoms with Crippen molar-refractivity contribution in [2.24, 2.45) is 0 Å². The number of carboxylic acid groups (broad SMARTS) is 1. The Labute approximate surface area is 146 Å². The first-order valence-electron chi connectivity index (χ1n) is 6.36. The van der Waals surface area contributed by atoms with Crippen LogP contribution in [-0.2, 0) is 16.0 Å². The second-order valence-electron chi connectivity index (χ2n) is 4.45. The Morgan fingerprint density at radius 3 is 2.36 bits per heavy atom. The van der Waals surface area contributed by atoms with Crippen molar-refractivity contribution in [3.63, 3.8) is 0 Å². The molecule has 2 aromatic carbocycles. The standard InChI is InChI=1S/C16H13IO4S/c1-21-16(20)13-9-12(6-7-14(13)17)22-11-4-2-10(3-5-11)8-15(18)19/h2-7,9H,8H2,1H3,(H,18,19). The molecule has 2 aromatic rings. The number of carbonyl (C=O) groups excluding carboxylic acids is 1. The lowest BCUT2D eigenvalue weighted by Crippen LogP contribution is -2.03. The minimum atomic E-state index is -0.847. The first-order chi connectivity index (χ1) is 10.5. The minimum Gasteiger partial charge on any atom is -0.481 e. The van der Waals surface area contributed by atoms with Crippen molar-refractivity contribution in [2.75, 3.05) is 7.11 Å². The van der Waals surface area contributed by atoms with Crippen molar-refractivity contribution in [3.05, 3.63) is 57.2 Å². The van der Waals surface area contributed by atoms with Gasteiger partial charge in [0.25, 0.3) is 0 Å². The number of hydrogen-bond donors (Lipinski definition) is 1. The average Bonchev–Trinajstić information content (AvgIpc) is 2.50. The molecule has 0 bridgehead atoms. The number of aliphatic carboxylic acids is 1. The molecule has 0 aliphatic carbocycles. The molecule has 6 heteroatoms. The van der Waals surface area contributed by atoms with Gasteiger partial charge in [0.15, 0.2) is 0 Å². The van der Waals surface area contributed by atoms with Crippen LogP contribution in [0, 0.1) is 3.57 Å².